The SMILES string of the molecule is CC(=O)O[C@H]1CC[C@@]2(C)C(CCC3C2CC[C@]2(C)C(n4cnc5ccccc54)=C(C=O)CC32)C1. The van der Waals surface area contributed by atoms with Crippen LogP contribution in [0.15, 0.2) is 36.2 Å². The molecule has 3 saturated carbocycles. The Morgan fingerprint density at radius 2 is 1.94 bits per heavy atom. The Hall–Kier alpha value is -2.43. The number of aldehydes is 1. The van der Waals surface area contributed by atoms with Gasteiger partial charge >= 0.3 is 5.97 Å². The predicted molar refractivity (Wildman–Crippen MR) is 132 cm³/mol. The quantitative estimate of drug-likeness (QED) is 0.414. The lowest BCUT2D eigenvalue weighted by Gasteiger charge is -2.60. The van der Waals surface area contributed by atoms with E-state index in [1.807, 2.05) is 18.5 Å². The van der Waals surface area contributed by atoms with E-state index in [1.165, 1.54) is 31.9 Å². The molecule has 1 heterocycles. The highest BCUT2D eigenvalue weighted by atomic mass is 16.5. The molecular weight excluding hydrogens is 424 g/mol. The average molecular weight is 461 g/mol. The molecule has 4 unspecified atom stereocenters. The number of fused-ring (bicyclic) bond motifs is 6. The van der Waals surface area contributed by atoms with Gasteiger partial charge in [0, 0.05) is 23.6 Å². The predicted octanol–water partition coefficient (Wildman–Crippen LogP) is 6.03. The molecule has 1 aromatic heterocycles. The van der Waals surface area contributed by atoms with Crippen LogP contribution in [-0.2, 0) is 14.3 Å². The number of esters is 1. The Labute approximate surface area is 202 Å². The lowest BCUT2D eigenvalue weighted by molar-refractivity contribution is -0.158. The number of para-hydroxylation sites is 2. The van der Waals surface area contributed by atoms with Crippen LogP contribution in [0.4, 0.5) is 0 Å². The lowest BCUT2D eigenvalue weighted by atomic mass is 9.45. The summed E-state index contributed by atoms with van der Waals surface area (Å²) in [6.45, 7) is 6.47. The van der Waals surface area contributed by atoms with E-state index in [2.05, 4.69) is 35.5 Å². The van der Waals surface area contributed by atoms with Crippen LogP contribution in [0.25, 0.3) is 16.7 Å². The van der Waals surface area contributed by atoms with Gasteiger partial charge in [-0.05, 0) is 92.6 Å². The number of ether oxygens (including phenoxy) is 1. The molecule has 0 spiro atoms. The van der Waals surface area contributed by atoms with Crippen LogP contribution in [0.5, 0.6) is 0 Å². The second kappa shape index (κ2) is 7.79. The van der Waals surface area contributed by atoms with Crippen molar-refractivity contribution in [2.24, 2.45) is 34.5 Å². The van der Waals surface area contributed by atoms with Crippen molar-refractivity contribution in [2.45, 2.75) is 78.2 Å². The molecule has 180 valence electrons. The Balaban J connectivity index is 1.32. The van der Waals surface area contributed by atoms with Gasteiger partial charge in [-0.15, -0.1) is 0 Å². The fraction of sp³-hybridized carbons (Fsp3) is 0.621. The van der Waals surface area contributed by atoms with E-state index >= 15 is 0 Å². The lowest BCUT2D eigenvalue weighted by Crippen LogP contribution is -2.54. The molecule has 34 heavy (non-hydrogen) atoms. The maximum Gasteiger partial charge on any atom is 0.302 e. The molecule has 4 aliphatic carbocycles. The minimum absolute atomic E-state index is 0.000971. The third-order valence-corrected chi connectivity index (χ3v) is 10.5. The number of hydrogen-bond donors (Lipinski definition) is 0. The summed E-state index contributed by atoms with van der Waals surface area (Å²) in [6.07, 6.45) is 12.0. The number of carbonyl (C=O) groups is 2. The fourth-order valence-corrected chi connectivity index (χ4v) is 8.92. The van der Waals surface area contributed by atoms with Gasteiger partial charge in [0.15, 0.2) is 0 Å². The maximum atomic E-state index is 12.4. The maximum absolute atomic E-state index is 12.4. The summed E-state index contributed by atoms with van der Waals surface area (Å²) < 4.78 is 7.85. The van der Waals surface area contributed by atoms with Crippen molar-refractivity contribution in [1.29, 1.82) is 0 Å². The molecule has 0 amide bonds. The van der Waals surface area contributed by atoms with Gasteiger partial charge in [0.2, 0.25) is 0 Å². The number of carbonyl (C=O) groups excluding carboxylic acids is 2. The molecule has 6 rings (SSSR count). The molecule has 2 aromatic rings. The van der Waals surface area contributed by atoms with Gasteiger partial charge in [-0.2, -0.15) is 0 Å². The van der Waals surface area contributed by atoms with E-state index in [0.29, 0.717) is 29.1 Å². The Bertz CT molecular complexity index is 1180. The van der Waals surface area contributed by atoms with Crippen molar-refractivity contribution in [3.63, 3.8) is 0 Å². The number of hydrogen-bond acceptors (Lipinski definition) is 4. The fourth-order valence-electron chi connectivity index (χ4n) is 8.92. The molecule has 0 bridgehead atoms. The van der Waals surface area contributed by atoms with Crippen molar-refractivity contribution >= 4 is 29.0 Å². The Morgan fingerprint density at radius 1 is 1.12 bits per heavy atom. The van der Waals surface area contributed by atoms with Gasteiger partial charge in [0.05, 0.1) is 11.0 Å². The van der Waals surface area contributed by atoms with Gasteiger partial charge in [0.25, 0.3) is 0 Å². The number of aromatic nitrogens is 2. The standard InChI is InChI=1S/C29H36N2O3/c1-18(33)34-21-10-12-28(2)20(15-21)8-9-22-23(28)11-13-29(3)24(22)14-19(16-32)27(29)31-17-30-25-6-4-5-7-26(25)31/h4-7,16-17,20-24H,8-15H2,1-3H3/t20?,21-,22?,23?,24?,28-,29-/m0/s1. The van der Waals surface area contributed by atoms with Crippen molar-refractivity contribution in [3.05, 3.63) is 36.2 Å². The van der Waals surface area contributed by atoms with Crippen LogP contribution >= 0.6 is 0 Å². The van der Waals surface area contributed by atoms with Crippen LogP contribution in [0.2, 0.25) is 0 Å². The molecule has 0 N–H and O–H groups in total. The summed E-state index contributed by atoms with van der Waals surface area (Å²) in [4.78, 5) is 28.6. The van der Waals surface area contributed by atoms with Crippen LogP contribution in [-0.4, -0.2) is 27.9 Å². The molecule has 4 aliphatic rings. The minimum atomic E-state index is -0.145. The average Bonchev–Trinajstić information content (AvgIpc) is 3.36. The number of rotatable bonds is 3. The van der Waals surface area contributed by atoms with Crippen molar-refractivity contribution in [1.82, 2.24) is 9.55 Å². The first-order chi connectivity index (χ1) is 16.3. The van der Waals surface area contributed by atoms with Gasteiger partial charge in [-0.3, -0.25) is 9.59 Å². The molecule has 1 aromatic carbocycles. The van der Waals surface area contributed by atoms with Crippen molar-refractivity contribution < 1.29 is 14.3 Å². The van der Waals surface area contributed by atoms with E-state index in [-0.39, 0.29) is 17.5 Å². The first-order valence-electron chi connectivity index (χ1n) is 13.1. The topological polar surface area (TPSA) is 61.2 Å². The highest BCUT2D eigenvalue weighted by Crippen LogP contribution is 2.68. The summed E-state index contributed by atoms with van der Waals surface area (Å²) in [7, 11) is 0. The Kier molecular flexibility index (Phi) is 5.06. The highest BCUT2D eigenvalue weighted by Gasteiger charge is 2.60. The molecule has 7 atom stereocenters. The molecule has 0 radical (unpaired) electrons. The van der Waals surface area contributed by atoms with Gasteiger partial charge in [0.1, 0.15) is 18.7 Å². The largest absolute Gasteiger partial charge is 0.463 e. The zero-order valence-corrected chi connectivity index (χ0v) is 20.6. The number of allylic oxidation sites excluding steroid dienone is 2. The normalized spacial score (nSPS) is 39.3. The summed E-state index contributed by atoms with van der Waals surface area (Å²) in [6, 6.07) is 8.25. The van der Waals surface area contributed by atoms with Gasteiger partial charge in [-0.25, -0.2) is 4.98 Å². The number of benzene rings is 1. The van der Waals surface area contributed by atoms with E-state index in [9.17, 15) is 9.59 Å². The van der Waals surface area contributed by atoms with Crippen molar-refractivity contribution in [3.8, 4) is 0 Å². The first-order valence-corrected chi connectivity index (χ1v) is 13.1. The van der Waals surface area contributed by atoms with Gasteiger partial charge in [-0.1, -0.05) is 26.0 Å². The van der Waals surface area contributed by atoms with Crippen molar-refractivity contribution in [2.75, 3.05) is 0 Å². The zero-order valence-electron chi connectivity index (χ0n) is 20.6. The van der Waals surface area contributed by atoms with E-state index in [4.69, 9.17) is 4.74 Å². The van der Waals surface area contributed by atoms with Crippen LogP contribution in [0.1, 0.15) is 72.1 Å². The molecular formula is C29H36N2O3. The summed E-state index contributed by atoms with van der Waals surface area (Å²) in [5.41, 5.74) is 4.57. The molecule has 3 fully saturated rings. The smallest absolute Gasteiger partial charge is 0.302 e. The van der Waals surface area contributed by atoms with E-state index in [1.54, 1.807) is 0 Å². The number of imidazole rings is 1. The van der Waals surface area contributed by atoms with Crippen LogP contribution in [0, 0.1) is 34.5 Å². The molecule has 5 heteroatoms. The third-order valence-electron chi connectivity index (χ3n) is 10.5. The second-order valence-corrected chi connectivity index (χ2v) is 11.9. The third kappa shape index (κ3) is 3.08. The van der Waals surface area contributed by atoms with Crippen LogP contribution in [0.3, 0.4) is 0 Å². The molecule has 5 nitrogen and oxygen atoms in total. The zero-order chi connectivity index (χ0) is 23.7. The summed E-state index contributed by atoms with van der Waals surface area (Å²) in [5.74, 6) is 2.33. The van der Waals surface area contributed by atoms with E-state index < -0.39 is 0 Å². The first kappa shape index (κ1) is 22.1. The van der Waals surface area contributed by atoms with Gasteiger partial charge < -0.3 is 9.30 Å². The molecule has 0 saturated heterocycles. The van der Waals surface area contributed by atoms with E-state index in [0.717, 1.165) is 55.0 Å². The summed E-state index contributed by atoms with van der Waals surface area (Å²) in [5, 5.41) is 0. The Morgan fingerprint density at radius 3 is 2.74 bits per heavy atom. The minimum Gasteiger partial charge on any atom is -0.463 e. The second-order valence-electron chi connectivity index (χ2n) is 11.9. The number of nitrogens with zero attached hydrogens (tertiary/aromatic N) is 2. The summed E-state index contributed by atoms with van der Waals surface area (Å²) >= 11 is 0. The highest BCUT2D eigenvalue weighted by molar-refractivity contribution is 5.90. The monoisotopic (exact) mass is 460 g/mol. The molecule has 0 aliphatic heterocycles. The van der Waals surface area contributed by atoms with Crippen LogP contribution < -0.4 is 0 Å².